The second kappa shape index (κ2) is 3.50. The molecule has 0 aliphatic heterocycles. The molecule has 2 aromatic carbocycles. The van der Waals surface area contributed by atoms with E-state index in [0.29, 0.717) is 0 Å². The first-order valence-electron chi connectivity index (χ1n) is 5.95. The van der Waals surface area contributed by atoms with Crippen LogP contribution in [0.15, 0.2) is 60.9 Å². The summed E-state index contributed by atoms with van der Waals surface area (Å²) in [5, 5.41) is 4.76. The van der Waals surface area contributed by atoms with Gasteiger partial charge < -0.3 is 0 Å². The van der Waals surface area contributed by atoms with Crippen molar-refractivity contribution in [3.63, 3.8) is 0 Å². The van der Waals surface area contributed by atoms with Gasteiger partial charge in [-0.2, -0.15) is 0 Å². The Labute approximate surface area is 104 Å². The van der Waals surface area contributed by atoms with Gasteiger partial charge in [-0.05, 0) is 29.7 Å². The molecule has 0 aliphatic carbocycles. The molecule has 0 radical (unpaired) electrons. The molecule has 84 valence electrons. The Morgan fingerprint density at radius 1 is 0.611 bits per heavy atom. The average molecular weight is 230 g/mol. The van der Waals surface area contributed by atoms with Gasteiger partial charge in [-0.15, -0.1) is 0 Å². The molecule has 2 nitrogen and oxygen atoms in total. The van der Waals surface area contributed by atoms with Gasteiger partial charge in [-0.1, -0.05) is 24.3 Å². The van der Waals surface area contributed by atoms with Gasteiger partial charge in [0.05, 0.1) is 11.0 Å². The predicted molar refractivity (Wildman–Crippen MR) is 74.6 cm³/mol. The summed E-state index contributed by atoms with van der Waals surface area (Å²) in [6, 6.07) is 16.6. The van der Waals surface area contributed by atoms with Crippen molar-refractivity contribution in [2.24, 2.45) is 0 Å². The molecule has 0 aliphatic rings. The van der Waals surface area contributed by atoms with E-state index in [1.165, 1.54) is 21.5 Å². The first-order chi connectivity index (χ1) is 8.93. The number of nitrogens with zero attached hydrogens (tertiary/aromatic N) is 2. The minimum atomic E-state index is 1.03. The van der Waals surface area contributed by atoms with Gasteiger partial charge in [0.25, 0.3) is 0 Å². The van der Waals surface area contributed by atoms with Crippen LogP contribution in [-0.2, 0) is 0 Å². The summed E-state index contributed by atoms with van der Waals surface area (Å²) in [5.41, 5.74) is 2.08. The molecule has 18 heavy (non-hydrogen) atoms. The van der Waals surface area contributed by atoms with Crippen molar-refractivity contribution in [2.45, 2.75) is 0 Å². The number of pyridine rings is 2. The van der Waals surface area contributed by atoms with Crippen LogP contribution in [0.4, 0.5) is 0 Å². The van der Waals surface area contributed by atoms with Gasteiger partial charge in [0.1, 0.15) is 0 Å². The van der Waals surface area contributed by atoms with Gasteiger partial charge in [0, 0.05) is 28.6 Å². The van der Waals surface area contributed by atoms with Crippen LogP contribution in [0.2, 0.25) is 0 Å². The van der Waals surface area contributed by atoms with E-state index in [1.54, 1.807) is 0 Å². The molecule has 2 heterocycles. The fourth-order valence-corrected chi connectivity index (χ4v) is 2.51. The fraction of sp³-hybridized carbons (Fsp3) is 0. The molecule has 2 heteroatoms. The maximum absolute atomic E-state index is 4.50. The van der Waals surface area contributed by atoms with Crippen LogP contribution in [0.3, 0.4) is 0 Å². The van der Waals surface area contributed by atoms with Crippen molar-refractivity contribution in [1.29, 1.82) is 0 Å². The average Bonchev–Trinajstić information content (AvgIpc) is 2.46. The Hall–Kier alpha value is -2.48. The molecule has 0 amide bonds. The zero-order valence-electron chi connectivity index (χ0n) is 9.67. The molecular formula is C16H10N2. The van der Waals surface area contributed by atoms with Crippen molar-refractivity contribution in [2.75, 3.05) is 0 Å². The summed E-state index contributed by atoms with van der Waals surface area (Å²) < 4.78 is 0. The molecule has 0 fully saturated rings. The van der Waals surface area contributed by atoms with Gasteiger partial charge in [-0.25, -0.2) is 0 Å². The molecule has 0 saturated heterocycles. The monoisotopic (exact) mass is 230 g/mol. The van der Waals surface area contributed by atoms with Gasteiger partial charge in [0.15, 0.2) is 0 Å². The molecule has 0 saturated carbocycles. The lowest BCUT2D eigenvalue weighted by atomic mass is 10.0. The number of hydrogen-bond donors (Lipinski definition) is 0. The lowest BCUT2D eigenvalue weighted by molar-refractivity contribution is 1.41. The summed E-state index contributed by atoms with van der Waals surface area (Å²) >= 11 is 0. The van der Waals surface area contributed by atoms with E-state index in [9.17, 15) is 0 Å². The van der Waals surface area contributed by atoms with E-state index in [1.807, 2.05) is 24.5 Å². The second-order valence-electron chi connectivity index (χ2n) is 4.37. The van der Waals surface area contributed by atoms with E-state index in [4.69, 9.17) is 0 Å². The standard InChI is InChI=1S/C16H10N2/c1-3-11-5-6-12-13-4-2-9-17-15(13)8-7-14(12)16(11)18-10-1/h1-10H. The first-order valence-corrected chi connectivity index (χ1v) is 5.95. The van der Waals surface area contributed by atoms with Crippen LogP contribution in [0, 0.1) is 0 Å². The van der Waals surface area contributed by atoms with Gasteiger partial charge >= 0.3 is 0 Å². The van der Waals surface area contributed by atoms with Crippen molar-refractivity contribution >= 4 is 32.6 Å². The number of rotatable bonds is 0. The minimum absolute atomic E-state index is 1.03. The summed E-state index contributed by atoms with van der Waals surface area (Å²) in [5.74, 6) is 0. The maximum Gasteiger partial charge on any atom is 0.0780 e. The third-order valence-corrected chi connectivity index (χ3v) is 3.35. The van der Waals surface area contributed by atoms with E-state index in [-0.39, 0.29) is 0 Å². The van der Waals surface area contributed by atoms with E-state index < -0.39 is 0 Å². The van der Waals surface area contributed by atoms with Crippen LogP contribution in [-0.4, -0.2) is 9.97 Å². The summed E-state index contributed by atoms with van der Waals surface area (Å²) in [6.45, 7) is 0. The van der Waals surface area contributed by atoms with Crippen LogP contribution in [0.1, 0.15) is 0 Å². The predicted octanol–water partition coefficient (Wildman–Crippen LogP) is 3.94. The highest BCUT2D eigenvalue weighted by Crippen LogP contribution is 2.28. The molecule has 0 N–H and O–H groups in total. The fourth-order valence-electron chi connectivity index (χ4n) is 2.51. The van der Waals surface area contributed by atoms with E-state index in [0.717, 1.165) is 11.0 Å². The van der Waals surface area contributed by atoms with Crippen molar-refractivity contribution in [3.8, 4) is 0 Å². The molecule has 4 aromatic rings. The van der Waals surface area contributed by atoms with Crippen LogP contribution in [0.5, 0.6) is 0 Å². The lowest BCUT2D eigenvalue weighted by Gasteiger charge is -2.05. The Bertz CT molecular complexity index is 806. The summed E-state index contributed by atoms with van der Waals surface area (Å²) in [7, 11) is 0. The zero-order valence-corrected chi connectivity index (χ0v) is 9.67. The lowest BCUT2D eigenvalue weighted by Crippen LogP contribution is -1.84. The Morgan fingerprint density at radius 3 is 2.44 bits per heavy atom. The van der Waals surface area contributed by atoms with E-state index >= 15 is 0 Å². The number of aromatic nitrogens is 2. The number of fused-ring (bicyclic) bond motifs is 5. The Kier molecular flexibility index (Phi) is 1.86. The summed E-state index contributed by atoms with van der Waals surface area (Å²) in [4.78, 5) is 8.89. The topological polar surface area (TPSA) is 25.8 Å². The zero-order chi connectivity index (χ0) is 11.9. The highest BCUT2D eigenvalue weighted by Gasteiger charge is 2.04. The maximum atomic E-state index is 4.50. The summed E-state index contributed by atoms with van der Waals surface area (Å²) in [6.07, 6.45) is 3.67. The molecule has 0 unspecified atom stereocenters. The normalized spacial score (nSPS) is 11.3. The number of benzene rings is 2. The highest BCUT2D eigenvalue weighted by molar-refractivity contribution is 6.15. The molecule has 0 atom stereocenters. The highest BCUT2D eigenvalue weighted by atomic mass is 14.7. The van der Waals surface area contributed by atoms with Crippen molar-refractivity contribution in [3.05, 3.63) is 60.9 Å². The molecule has 4 rings (SSSR count). The Balaban J connectivity index is 2.31. The third-order valence-electron chi connectivity index (χ3n) is 3.35. The van der Waals surface area contributed by atoms with Crippen molar-refractivity contribution < 1.29 is 0 Å². The van der Waals surface area contributed by atoms with Crippen molar-refractivity contribution in [1.82, 2.24) is 9.97 Å². The smallest absolute Gasteiger partial charge is 0.0780 e. The molecule has 2 aromatic heterocycles. The largest absolute Gasteiger partial charge is 0.256 e. The number of hydrogen-bond acceptors (Lipinski definition) is 2. The van der Waals surface area contributed by atoms with E-state index in [2.05, 4.69) is 46.4 Å². The minimum Gasteiger partial charge on any atom is -0.256 e. The first kappa shape index (κ1) is 9.54. The molecule has 0 spiro atoms. The van der Waals surface area contributed by atoms with Crippen LogP contribution < -0.4 is 0 Å². The van der Waals surface area contributed by atoms with Crippen LogP contribution in [0.25, 0.3) is 32.6 Å². The molecule has 0 bridgehead atoms. The SMILES string of the molecule is c1cnc2c(c1)ccc1c3cccnc3ccc12. The quantitative estimate of drug-likeness (QED) is 0.428. The van der Waals surface area contributed by atoms with Crippen LogP contribution >= 0.6 is 0 Å². The molecular weight excluding hydrogens is 220 g/mol. The third kappa shape index (κ3) is 1.23. The Morgan fingerprint density at radius 2 is 1.44 bits per heavy atom. The van der Waals surface area contributed by atoms with Gasteiger partial charge in [0.2, 0.25) is 0 Å². The van der Waals surface area contributed by atoms with Gasteiger partial charge in [-0.3, -0.25) is 9.97 Å². The second-order valence-corrected chi connectivity index (χ2v) is 4.37.